The van der Waals surface area contributed by atoms with Crippen molar-refractivity contribution >= 4 is 0 Å². The predicted molar refractivity (Wildman–Crippen MR) is 41.8 cm³/mol. The molecule has 0 saturated heterocycles. The molecule has 1 aliphatic rings. The van der Waals surface area contributed by atoms with Crippen LogP contribution >= 0.6 is 0 Å². The summed E-state index contributed by atoms with van der Waals surface area (Å²) in [7, 11) is 0. The van der Waals surface area contributed by atoms with Gasteiger partial charge in [-0.3, -0.25) is 0 Å². The van der Waals surface area contributed by atoms with Crippen LogP contribution in [0, 0.1) is 5.92 Å². The van der Waals surface area contributed by atoms with Crippen LogP contribution in [0.25, 0.3) is 0 Å². The Labute approximate surface area is 62.7 Å². The Bertz CT molecular complexity index is 101. The molecule has 1 fully saturated rings. The molecule has 2 atom stereocenters. The minimum absolute atomic E-state index is 0.232. The highest BCUT2D eigenvalue weighted by Crippen LogP contribution is 2.34. The maximum Gasteiger partial charge on any atom is 0.0672 e. The molecular weight excluding hydrogens is 126 g/mol. The van der Waals surface area contributed by atoms with Gasteiger partial charge in [-0.25, -0.2) is 0 Å². The first-order valence-electron chi connectivity index (χ1n) is 4.09. The van der Waals surface area contributed by atoms with Gasteiger partial charge in [-0.15, -0.1) is 0 Å². The maximum atomic E-state index is 5.60. The zero-order chi connectivity index (χ0) is 7.56. The van der Waals surface area contributed by atoms with Crippen molar-refractivity contribution in [1.82, 2.24) is 0 Å². The van der Waals surface area contributed by atoms with Gasteiger partial charge in [0, 0.05) is 6.54 Å². The van der Waals surface area contributed by atoms with E-state index in [-0.39, 0.29) is 6.10 Å². The number of hydrogen-bond acceptors (Lipinski definition) is 2. The highest BCUT2D eigenvalue weighted by atomic mass is 16.5. The lowest BCUT2D eigenvalue weighted by Crippen LogP contribution is -2.25. The van der Waals surface area contributed by atoms with Crippen LogP contribution in [0.15, 0.2) is 0 Å². The molecular formula is C8H17NO. The molecule has 1 aliphatic carbocycles. The molecule has 2 heteroatoms. The van der Waals surface area contributed by atoms with Gasteiger partial charge in [0.05, 0.1) is 12.2 Å². The first-order chi connectivity index (χ1) is 4.74. The Morgan fingerprint density at radius 3 is 2.50 bits per heavy atom. The average Bonchev–Trinajstić information content (AvgIpc) is 2.68. The number of hydrogen-bond donors (Lipinski definition) is 1. The Balaban J connectivity index is 2.10. The Morgan fingerprint density at radius 2 is 2.10 bits per heavy atom. The van der Waals surface area contributed by atoms with E-state index in [1.54, 1.807) is 0 Å². The van der Waals surface area contributed by atoms with Gasteiger partial charge < -0.3 is 10.5 Å². The third kappa shape index (κ3) is 2.27. The lowest BCUT2D eigenvalue weighted by Gasteiger charge is -2.16. The van der Waals surface area contributed by atoms with E-state index in [2.05, 4.69) is 6.92 Å². The summed E-state index contributed by atoms with van der Waals surface area (Å²) < 4.78 is 5.60. The number of rotatable bonds is 4. The largest absolute Gasteiger partial charge is 0.374 e. The summed E-state index contributed by atoms with van der Waals surface area (Å²) in [6, 6.07) is 0. The minimum Gasteiger partial charge on any atom is -0.374 e. The zero-order valence-corrected chi connectivity index (χ0v) is 6.84. The van der Waals surface area contributed by atoms with Crippen LogP contribution in [0.3, 0.4) is 0 Å². The fraction of sp³-hybridized carbons (Fsp3) is 1.00. The number of nitrogens with two attached hydrogens (primary N) is 1. The van der Waals surface area contributed by atoms with E-state index in [4.69, 9.17) is 10.5 Å². The summed E-state index contributed by atoms with van der Waals surface area (Å²) in [6.45, 7) is 4.81. The number of ether oxygens (including phenoxy) is 1. The van der Waals surface area contributed by atoms with Crippen LogP contribution in [0.4, 0.5) is 0 Å². The second kappa shape index (κ2) is 3.35. The molecule has 0 heterocycles. The first kappa shape index (κ1) is 8.02. The zero-order valence-electron chi connectivity index (χ0n) is 6.84. The van der Waals surface area contributed by atoms with Crippen molar-refractivity contribution in [3.8, 4) is 0 Å². The Morgan fingerprint density at radius 1 is 1.50 bits per heavy atom. The van der Waals surface area contributed by atoms with E-state index in [1.165, 1.54) is 12.8 Å². The normalized spacial score (nSPS) is 24.3. The third-order valence-corrected chi connectivity index (χ3v) is 2.06. The van der Waals surface area contributed by atoms with Crippen molar-refractivity contribution in [1.29, 1.82) is 0 Å². The van der Waals surface area contributed by atoms with Gasteiger partial charge >= 0.3 is 0 Å². The smallest absolute Gasteiger partial charge is 0.0672 e. The van der Waals surface area contributed by atoms with Gasteiger partial charge in [-0.05, 0) is 32.6 Å². The van der Waals surface area contributed by atoms with Gasteiger partial charge in [-0.1, -0.05) is 0 Å². The van der Waals surface area contributed by atoms with Crippen LogP contribution in [-0.4, -0.2) is 18.8 Å². The Hall–Kier alpha value is -0.0800. The molecule has 0 spiro atoms. The highest BCUT2D eigenvalue weighted by Gasteiger charge is 2.29. The molecule has 0 bridgehead atoms. The molecule has 10 heavy (non-hydrogen) atoms. The molecule has 0 aliphatic heterocycles. The van der Waals surface area contributed by atoms with Crippen molar-refractivity contribution in [2.24, 2.45) is 11.7 Å². The molecule has 60 valence electrons. The van der Waals surface area contributed by atoms with E-state index >= 15 is 0 Å². The van der Waals surface area contributed by atoms with E-state index < -0.39 is 0 Å². The SMILES string of the molecule is CC(CN)OC(C)C1CC1. The van der Waals surface area contributed by atoms with Crippen molar-refractivity contribution in [3.05, 3.63) is 0 Å². The maximum absolute atomic E-state index is 5.60. The van der Waals surface area contributed by atoms with Gasteiger partial charge in [0.25, 0.3) is 0 Å². The van der Waals surface area contributed by atoms with Crippen LogP contribution in [0.2, 0.25) is 0 Å². The van der Waals surface area contributed by atoms with Crippen molar-refractivity contribution in [2.45, 2.75) is 38.9 Å². The van der Waals surface area contributed by atoms with Crippen molar-refractivity contribution in [2.75, 3.05) is 6.54 Å². The summed E-state index contributed by atoms with van der Waals surface area (Å²) >= 11 is 0. The van der Waals surface area contributed by atoms with Gasteiger partial charge in [-0.2, -0.15) is 0 Å². The fourth-order valence-electron chi connectivity index (χ4n) is 1.10. The minimum atomic E-state index is 0.232. The van der Waals surface area contributed by atoms with E-state index in [1.807, 2.05) is 6.92 Å². The molecule has 0 aromatic carbocycles. The summed E-state index contributed by atoms with van der Waals surface area (Å²) in [5.74, 6) is 0.828. The van der Waals surface area contributed by atoms with Crippen molar-refractivity contribution < 1.29 is 4.74 Å². The molecule has 0 aromatic rings. The topological polar surface area (TPSA) is 35.2 Å². The van der Waals surface area contributed by atoms with Crippen LogP contribution in [-0.2, 0) is 4.74 Å². The molecule has 0 amide bonds. The lowest BCUT2D eigenvalue weighted by molar-refractivity contribution is 0.00158. The summed E-state index contributed by atoms with van der Waals surface area (Å²) in [5, 5.41) is 0. The first-order valence-corrected chi connectivity index (χ1v) is 4.09. The quantitative estimate of drug-likeness (QED) is 0.640. The monoisotopic (exact) mass is 143 g/mol. The van der Waals surface area contributed by atoms with E-state index in [0.717, 1.165) is 5.92 Å². The van der Waals surface area contributed by atoms with Crippen LogP contribution in [0.1, 0.15) is 26.7 Å². The molecule has 0 radical (unpaired) electrons. The van der Waals surface area contributed by atoms with Gasteiger partial charge in [0.1, 0.15) is 0 Å². The fourth-order valence-corrected chi connectivity index (χ4v) is 1.10. The third-order valence-electron chi connectivity index (χ3n) is 2.06. The highest BCUT2D eigenvalue weighted by molar-refractivity contribution is 4.79. The van der Waals surface area contributed by atoms with Crippen LogP contribution in [0.5, 0.6) is 0 Å². The molecule has 1 saturated carbocycles. The predicted octanol–water partition coefficient (Wildman–Crippen LogP) is 1.15. The van der Waals surface area contributed by atoms with E-state index in [0.29, 0.717) is 12.6 Å². The Kier molecular flexibility index (Phi) is 2.69. The summed E-state index contributed by atoms with van der Waals surface area (Å²) in [6.07, 6.45) is 3.35. The summed E-state index contributed by atoms with van der Waals surface area (Å²) in [4.78, 5) is 0. The molecule has 1 rings (SSSR count). The molecule has 2 nitrogen and oxygen atoms in total. The molecule has 2 unspecified atom stereocenters. The van der Waals surface area contributed by atoms with Gasteiger partial charge in [0.2, 0.25) is 0 Å². The average molecular weight is 143 g/mol. The standard InChI is InChI=1S/C8H17NO/c1-6(5-9)10-7(2)8-3-4-8/h6-8H,3-5,9H2,1-2H3. The lowest BCUT2D eigenvalue weighted by atomic mass is 10.2. The molecule has 0 aromatic heterocycles. The van der Waals surface area contributed by atoms with Crippen molar-refractivity contribution in [3.63, 3.8) is 0 Å². The van der Waals surface area contributed by atoms with Crippen LogP contribution < -0.4 is 5.73 Å². The summed E-state index contributed by atoms with van der Waals surface area (Å²) in [5.41, 5.74) is 5.42. The van der Waals surface area contributed by atoms with Gasteiger partial charge in [0.15, 0.2) is 0 Å². The second-order valence-corrected chi connectivity index (χ2v) is 3.22. The second-order valence-electron chi connectivity index (χ2n) is 3.22. The molecule has 2 N–H and O–H groups in total. The van der Waals surface area contributed by atoms with E-state index in [9.17, 15) is 0 Å².